The summed E-state index contributed by atoms with van der Waals surface area (Å²) in [7, 11) is 0. The number of aromatic hydroxyl groups is 1. The largest absolute Gasteiger partial charge is 0.508 e. The summed E-state index contributed by atoms with van der Waals surface area (Å²) in [5, 5.41) is 12.3. The molecule has 2 rings (SSSR count). The molecule has 0 unspecified atom stereocenters. The van der Waals surface area contributed by atoms with Crippen molar-refractivity contribution in [2.45, 2.75) is 32.1 Å². The van der Waals surface area contributed by atoms with E-state index in [2.05, 4.69) is 11.3 Å². The molecule has 0 amide bonds. The van der Waals surface area contributed by atoms with E-state index in [4.69, 9.17) is 0 Å². The first kappa shape index (κ1) is 11.8. The van der Waals surface area contributed by atoms with Gasteiger partial charge >= 0.3 is 0 Å². The summed E-state index contributed by atoms with van der Waals surface area (Å²) in [5.41, 5.74) is 1.11. The van der Waals surface area contributed by atoms with Crippen LogP contribution >= 0.6 is 0 Å². The second-order valence-electron chi connectivity index (χ2n) is 4.63. The van der Waals surface area contributed by atoms with Gasteiger partial charge in [0.05, 0.1) is 0 Å². The van der Waals surface area contributed by atoms with Crippen LogP contribution in [0.1, 0.15) is 37.7 Å². The lowest BCUT2D eigenvalue weighted by molar-refractivity contribution is 0.420. The summed E-state index contributed by atoms with van der Waals surface area (Å²) in [6, 6.07) is 4.70. The van der Waals surface area contributed by atoms with Crippen LogP contribution in [0.15, 0.2) is 29.5 Å². The Kier molecular flexibility index (Phi) is 3.91. The van der Waals surface area contributed by atoms with Gasteiger partial charge in [0, 0.05) is 6.07 Å². The summed E-state index contributed by atoms with van der Waals surface area (Å²) in [4.78, 5) is 10.4. The van der Waals surface area contributed by atoms with Gasteiger partial charge in [-0.15, -0.1) is 4.91 Å². The molecule has 3 heteroatoms. The van der Waals surface area contributed by atoms with Crippen LogP contribution in [-0.4, -0.2) is 5.11 Å². The van der Waals surface area contributed by atoms with Crippen LogP contribution in [0.25, 0.3) is 6.08 Å². The SMILES string of the molecule is O=Nc1cc(O)cc(/C=C/C2CCCCC2)c1. The Labute approximate surface area is 101 Å². The normalized spacial score (nSPS) is 17.4. The Balaban J connectivity index is 2.08. The molecule has 90 valence electrons. The molecule has 0 saturated heterocycles. The third-order valence-corrected chi connectivity index (χ3v) is 3.24. The van der Waals surface area contributed by atoms with Crippen LogP contribution in [-0.2, 0) is 0 Å². The Morgan fingerprint density at radius 2 is 1.94 bits per heavy atom. The summed E-state index contributed by atoms with van der Waals surface area (Å²) >= 11 is 0. The monoisotopic (exact) mass is 231 g/mol. The van der Waals surface area contributed by atoms with Crippen molar-refractivity contribution in [1.29, 1.82) is 0 Å². The van der Waals surface area contributed by atoms with Crippen molar-refractivity contribution in [1.82, 2.24) is 0 Å². The number of nitrogens with zero attached hydrogens (tertiary/aromatic N) is 1. The Morgan fingerprint density at radius 3 is 2.65 bits per heavy atom. The van der Waals surface area contributed by atoms with E-state index in [0.717, 1.165) is 5.56 Å². The molecule has 0 atom stereocenters. The van der Waals surface area contributed by atoms with Gasteiger partial charge in [0.1, 0.15) is 11.4 Å². The van der Waals surface area contributed by atoms with E-state index in [1.807, 2.05) is 6.08 Å². The smallest absolute Gasteiger partial charge is 0.118 e. The van der Waals surface area contributed by atoms with Crippen LogP contribution in [0.5, 0.6) is 5.75 Å². The van der Waals surface area contributed by atoms with E-state index < -0.39 is 0 Å². The highest BCUT2D eigenvalue weighted by molar-refractivity contribution is 5.58. The lowest BCUT2D eigenvalue weighted by Crippen LogP contribution is -2.02. The number of phenols is 1. The van der Waals surface area contributed by atoms with Crippen molar-refractivity contribution >= 4 is 11.8 Å². The molecule has 3 nitrogen and oxygen atoms in total. The maximum Gasteiger partial charge on any atom is 0.118 e. The predicted molar refractivity (Wildman–Crippen MR) is 69.2 cm³/mol. The van der Waals surface area contributed by atoms with Crippen LogP contribution in [0.3, 0.4) is 0 Å². The molecule has 0 heterocycles. The molecule has 1 fully saturated rings. The minimum Gasteiger partial charge on any atom is -0.508 e. The van der Waals surface area contributed by atoms with Gasteiger partial charge in [0.25, 0.3) is 0 Å². The molecule has 1 N–H and O–H groups in total. The lowest BCUT2D eigenvalue weighted by atomic mass is 9.89. The number of benzene rings is 1. The van der Waals surface area contributed by atoms with Gasteiger partial charge in [-0.3, -0.25) is 0 Å². The first-order chi connectivity index (χ1) is 8.28. The van der Waals surface area contributed by atoms with Crippen LogP contribution in [0.2, 0.25) is 0 Å². The number of phenolic OH excluding ortho intramolecular Hbond substituents is 1. The fourth-order valence-corrected chi connectivity index (χ4v) is 2.34. The minimum absolute atomic E-state index is 0.0883. The Bertz CT molecular complexity index is 420. The van der Waals surface area contributed by atoms with Gasteiger partial charge in [-0.2, -0.15) is 0 Å². The molecular weight excluding hydrogens is 214 g/mol. The maximum atomic E-state index is 10.4. The molecule has 0 bridgehead atoms. The quantitative estimate of drug-likeness (QED) is 0.784. The third kappa shape index (κ3) is 3.41. The van der Waals surface area contributed by atoms with Crippen molar-refractivity contribution in [2.75, 3.05) is 0 Å². The second kappa shape index (κ2) is 5.62. The van der Waals surface area contributed by atoms with Crippen LogP contribution in [0.4, 0.5) is 5.69 Å². The van der Waals surface area contributed by atoms with Crippen molar-refractivity contribution in [3.63, 3.8) is 0 Å². The first-order valence-corrected chi connectivity index (χ1v) is 6.13. The average molecular weight is 231 g/mol. The van der Waals surface area contributed by atoms with Gasteiger partial charge < -0.3 is 5.11 Å². The average Bonchev–Trinajstić information content (AvgIpc) is 2.37. The van der Waals surface area contributed by atoms with E-state index in [1.165, 1.54) is 38.2 Å². The molecule has 17 heavy (non-hydrogen) atoms. The number of hydrogen-bond donors (Lipinski definition) is 1. The van der Waals surface area contributed by atoms with E-state index in [-0.39, 0.29) is 11.4 Å². The van der Waals surface area contributed by atoms with E-state index in [1.54, 1.807) is 12.1 Å². The van der Waals surface area contributed by atoms with Crippen molar-refractivity contribution in [2.24, 2.45) is 11.1 Å². The Morgan fingerprint density at radius 1 is 1.18 bits per heavy atom. The standard InChI is InChI=1S/C14H17NO2/c16-14-9-12(8-13(10-14)15-17)7-6-11-4-2-1-3-5-11/h6-11,16H,1-5H2/b7-6+. The molecule has 1 aromatic carbocycles. The molecule has 1 aliphatic carbocycles. The molecule has 1 saturated carbocycles. The number of hydrogen-bond acceptors (Lipinski definition) is 3. The first-order valence-electron chi connectivity index (χ1n) is 6.13. The maximum absolute atomic E-state index is 10.4. The summed E-state index contributed by atoms with van der Waals surface area (Å²) in [5.74, 6) is 0.726. The highest BCUT2D eigenvalue weighted by atomic mass is 16.3. The molecule has 0 spiro atoms. The third-order valence-electron chi connectivity index (χ3n) is 3.24. The van der Waals surface area contributed by atoms with Gasteiger partial charge in [-0.1, -0.05) is 31.4 Å². The van der Waals surface area contributed by atoms with Crippen LogP contribution in [0, 0.1) is 10.8 Å². The molecular formula is C14H17NO2. The summed E-state index contributed by atoms with van der Waals surface area (Å²) in [6.45, 7) is 0. The molecule has 1 aromatic rings. The zero-order valence-corrected chi connectivity index (χ0v) is 9.80. The molecule has 0 aliphatic heterocycles. The van der Waals surface area contributed by atoms with Gasteiger partial charge in [-0.25, -0.2) is 0 Å². The molecule has 1 aliphatic rings. The van der Waals surface area contributed by atoms with E-state index in [0.29, 0.717) is 5.92 Å². The fraction of sp³-hybridized carbons (Fsp3) is 0.429. The van der Waals surface area contributed by atoms with Crippen molar-refractivity contribution in [3.05, 3.63) is 34.7 Å². The minimum atomic E-state index is 0.0883. The van der Waals surface area contributed by atoms with Gasteiger partial charge in [0.15, 0.2) is 0 Å². The van der Waals surface area contributed by atoms with Crippen molar-refractivity contribution < 1.29 is 5.11 Å². The van der Waals surface area contributed by atoms with Crippen molar-refractivity contribution in [3.8, 4) is 5.75 Å². The molecule has 0 aromatic heterocycles. The highest BCUT2D eigenvalue weighted by Crippen LogP contribution is 2.27. The zero-order valence-electron chi connectivity index (χ0n) is 9.80. The van der Waals surface area contributed by atoms with Crippen LogP contribution < -0.4 is 0 Å². The highest BCUT2D eigenvalue weighted by Gasteiger charge is 2.09. The van der Waals surface area contributed by atoms with E-state index in [9.17, 15) is 10.0 Å². The summed E-state index contributed by atoms with van der Waals surface area (Å²) in [6.07, 6.45) is 10.6. The van der Waals surface area contributed by atoms with E-state index >= 15 is 0 Å². The fourth-order valence-electron chi connectivity index (χ4n) is 2.34. The lowest BCUT2D eigenvalue weighted by Gasteiger charge is -2.17. The summed E-state index contributed by atoms with van der Waals surface area (Å²) < 4.78 is 0. The van der Waals surface area contributed by atoms with Gasteiger partial charge in [0.2, 0.25) is 0 Å². The Hall–Kier alpha value is -1.64. The topological polar surface area (TPSA) is 49.7 Å². The molecule has 0 radical (unpaired) electrons. The second-order valence-corrected chi connectivity index (χ2v) is 4.63. The zero-order chi connectivity index (χ0) is 12.1. The number of rotatable bonds is 3. The predicted octanol–water partition coefficient (Wildman–Crippen LogP) is 4.38. The number of nitroso groups, excluding NO2 is 1. The van der Waals surface area contributed by atoms with Gasteiger partial charge in [-0.05, 0) is 41.6 Å². The number of allylic oxidation sites excluding steroid dienone is 1.